The van der Waals surface area contributed by atoms with E-state index in [4.69, 9.17) is 5.73 Å². The van der Waals surface area contributed by atoms with Gasteiger partial charge in [0.05, 0.1) is 4.47 Å². The van der Waals surface area contributed by atoms with Crippen LogP contribution in [-0.2, 0) is 0 Å². The summed E-state index contributed by atoms with van der Waals surface area (Å²) in [7, 11) is 0. The van der Waals surface area contributed by atoms with Crippen molar-refractivity contribution in [1.29, 1.82) is 0 Å². The normalized spacial score (nSPS) is 12.7. The van der Waals surface area contributed by atoms with Crippen LogP contribution in [0.3, 0.4) is 0 Å². The fourth-order valence-electron chi connectivity index (χ4n) is 2.05. The van der Waals surface area contributed by atoms with E-state index in [0.29, 0.717) is 4.47 Å². The van der Waals surface area contributed by atoms with Crippen molar-refractivity contribution in [2.45, 2.75) is 57.9 Å². The summed E-state index contributed by atoms with van der Waals surface area (Å²) in [6.45, 7) is 2.22. The fraction of sp³-hybridized carbons (Fsp3) is 0.600. The van der Waals surface area contributed by atoms with E-state index in [1.54, 1.807) is 6.07 Å². The van der Waals surface area contributed by atoms with Gasteiger partial charge in [-0.15, -0.1) is 0 Å². The maximum Gasteiger partial charge on any atom is 0.137 e. The largest absolute Gasteiger partial charge is 0.324 e. The molecule has 1 aromatic rings. The Morgan fingerprint density at radius 2 is 1.83 bits per heavy atom. The van der Waals surface area contributed by atoms with Gasteiger partial charge in [0.2, 0.25) is 0 Å². The summed E-state index contributed by atoms with van der Waals surface area (Å²) in [6, 6.07) is 5.12. The third-order valence-corrected chi connectivity index (χ3v) is 3.88. The highest BCUT2D eigenvalue weighted by atomic mass is 79.9. The van der Waals surface area contributed by atoms with Crippen LogP contribution in [0.5, 0.6) is 0 Å². The standard InChI is InChI=1S/C15H23BrFN/c1-2-3-4-5-6-7-8-15(18)12-9-10-13(16)14(17)11-12/h9-11,15H,2-8,18H2,1H3. The molecule has 0 spiro atoms. The van der Waals surface area contributed by atoms with Crippen molar-refractivity contribution in [3.8, 4) is 0 Å². The Labute approximate surface area is 118 Å². The second-order valence-corrected chi connectivity index (χ2v) is 5.69. The Morgan fingerprint density at radius 1 is 1.17 bits per heavy atom. The predicted octanol–water partition coefficient (Wildman–Crippen LogP) is 5.34. The highest BCUT2D eigenvalue weighted by molar-refractivity contribution is 9.10. The smallest absolute Gasteiger partial charge is 0.137 e. The molecule has 2 N–H and O–H groups in total. The molecule has 1 atom stereocenters. The van der Waals surface area contributed by atoms with Crippen LogP contribution in [0.25, 0.3) is 0 Å². The van der Waals surface area contributed by atoms with E-state index >= 15 is 0 Å². The van der Waals surface area contributed by atoms with E-state index in [9.17, 15) is 4.39 Å². The zero-order valence-corrected chi connectivity index (χ0v) is 12.7. The molecule has 0 amide bonds. The molecule has 102 valence electrons. The molecule has 18 heavy (non-hydrogen) atoms. The van der Waals surface area contributed by atoms with E-state index in [-0.39, 0.29) is 11.9 Å². The molecule has 0 bridgehead atoms. The lowest BCUT2D eigenvalue weighted by atomic mass is 10.0. The Hall–Kier alpha value is -0.410. The maximum atomic E-state index is 13.4. The molecule has 0 aliphatic heterocycles. The lowest BCUT2D eigenvalue weighted by Gasteiger charge is -2.12. The van der Waals surface area contributed by atoms with Crippen molar-refractivity contribution in [1.82, 2.24) is 0 Å². The molecule has 1 nitrogen and oxygen atoms in total. The molecule has 0 aliphatic rings. The highest BCUT2D eigenvalue weighted by Gasteiger charge is 2.08. The van der Waals surface area contributed by atoms with Crippen molar-refractivity contribution >= 4 is 15.9 Å². The molecule has 1 unspecified atom stereocenters. The summed E-state index contributed by atoms with van der Waals surface area (Å²) in [5.74, 6) is -0.231. The molecule has 0 saturated heterocycles. The average Bonchev–Trinajstić information content (AvgIpc) is 2.36. The molecule has 0 saturated carbocycles. The van der Waals surface area contributed by atoms with Crippen LogP contribution >= 0.6 is 15.9 Å². The van der Waals surface area contributed by atoms with Crippen molar-refractivity contribution in [2.75, 3.05) is 0 Å². The lowest BCUT2D eigenvalue weighted by molar-refractivity contribution is 0.543. The summed E-state index contributed by atoms with van der Waals surface area (Å²) in [5.41, 5.74) is 6.97. The number of rotatable bonds is 8. The first-order chi connectivity index (χ1) is 8.65. The van der Waals surface area contributed by atoms with Gasteiger partial charge in [-0.2, -0.15) is 0 Å². The number of hydrogen-bond donors (Lipinski definition) is 1. The first kappa shape index (κ1) is 15.6. The first-order valence-corrected chi connectivity index (χ1v) is 7.65. The van der Waals surface area contributed by atoms with Crippen LogP contribution in [-0.4, -0.2) is 0 Å². The third-order valence-electron chi connectivity index (χ3n) is 3.24. The van der Waals surface area contributed by atoms with Gasteiger partial charge in [0.15, 0.2) is 0 Å². The zero-order chi connectivity index (χ0) is 13.4. The van der Waals surface area contributed by atoms with E-state index < -0.39 is 0 Å². The van der Waals surface area contributed by atoms with Crippen LogP contribution < -0.4 is 5.73 Å². The Balaban J connectivity index is 2.27. The third kappa shape index (κ3) is 5.49. The Kier molecular flexibility index (Phi) is 7.52. The van der Waals surface area contributed by atoms with E-state index in [1.165, 1.54) is 38.2 Å². The predicted molar refractivity (Wildman–Crippen MR) is 79.0 cm³/mol. The Bertz CT molecular complexity index is 354. The van der Waals surface area contributed by atoms with Crippen LogP contribution in [0.1, 0.15) is 63.5 Å². The van der Waals surface area contributed by atoms with Gasteiger partial charge in [-0.05, 0) is 40.0 Å². The SMILES string of the molecule is CCCCCCCCC(N)c1ccc(Br)c(F)c1. The molecular formula is C15H23BrFN. The van der Waals surface area contributed by atoms with Gasteiger partial charge in [0, 0.05) is 6.04 Å². The molecule has 0 radical (unpaired) electrons. The number of unbranched alkanes of at least 4 members (excludes halogenated alkanes) is 5. The van der Waals surface area contributed by atoms with Gasteiger partial charge in [-0.25, -0.2) is 4.39 Å². The summed E-state index contributed by atoms with van der Waals surface area (Å²) in [5, 5.41) is 0. The number of nitrogens with two attached hydrogens (primary N) is 1. The van der Waals surface area contributed by atoms with Crippen LogP contribution in [0.15, 0.2) is 22.7 Å². The first-order valence-electron chi connectivity index (χ1n) is 6.85. The van der Waals surface area contributed by atoms with Gasteiger partial charge >= 0.3 is 0 Å². The summed E-state index contributed by atoms with van der Waals surface area (Å²) in [6.07, 6.45) is 8.50. The van der Waals surface area contributed by atoms with Crippen molar-refractivity contribution in [2.24, 2.45) is 5.73 Å². The van der Waals surface area contributed by atoms with Gasteiger partial charge in [0.25, 0.3) is 0 Å². The van der Waals surface area contributed by atoms with Crippen molar-refractivity contribution in [3.05, 3.63) is 34.1 Å². The lowest BCUT2D eigenvalue weighted by Crippen LogP contribution is -2.10. The second-order valence-electron chi connectivity index (χ2n) is 4.84. The van der Waals surface area contributed by atoms with Crippen LogP contribution in [0.2, 0.25) is 0 Å². The molecular weight excluding hydrogens is 293 g/mol. The van der Waals surface area contributed by atoms with Gasteiger partial charge in [-0.1, -0.05) is 51.5 Å². The Morgan fingerprint density at radius 3 is 2.50 bits per heavy atom. The van der Waals surface area contributed by atoms with E-state index in [2.05, 4.69) is 22.9 Å². The maximum absolute atomic E-state index is 13.4. The summed E-state index contributed by atoms with van der Waals surface area (Å²) in [4.78, 5) is 0. The number of benzene rings is 1. The van der Waals surface area contributed by atoms with Gasteiger partial charge in [0.1, 0.15) is 5.82 Å². The zero-order valence-electron chi connectivity index (χ0n) is 11.1. The monoisotopic (exact) mass is 315 g/mol. The molecule has 0 heterocycles. The van der Waals surface area contributed by atoms with Gasteiger partial charge < -0.3 is 5.73 Å². The minimum Gasteiger partial charge on any atom is -0.324 e. The summed E-state index contributed by atoms with van der Waals surface area (Å²) < 4.78 is 13.9. The number of hydrogen-bond acceptors (Lipinski definition) is 1. The molecule has 0 fully saturated rings. The average molecular weight is 316 g/mol. The molecule has 3 heteroatoms. The van der Waals surface area contributed by atoms with E-state index in [0.717, 1.165) is 18.4 Å². The van der Waals surface area contributed by atoms with Crippen molar-refractivity contribution in [3.63, 3.8) is 0 Å². The molecule has 1 aromatic carbocycles. The molecule has 0 aromatic heterocycles. The quantitative estimate of drug-likeness (QED) is 0.644. The minimum atomic E-state index is -0.231. The van der Waals surface area contributed by atoms with Crippen LogP contribution in [0.4, 0.5) is 4.39 Å². The minimum absolute atomic E-state index is 0.0428. The molecule has 0 aliphatic carbocycles. The fourth-order valence-corrected chi connectivity index (χ4v) is 2.30. The van der Waals surface area contributed by atoms with E-state index in [1.807, 2.05) is 6.07 Å². The topological polar surface area (TPSA) is 26.0 Å². The highest BCUT2D eigenvalue weighted by Crippen LogP contribution is 2.22. The van der Waals surface area contributed by atoms with Crippen LogP contribution in [0, 0.1) is 5.82 Å². The second kappa shape index (κ2) is 8.65. The van der Waals surface area contributed by atoms with Crippen molar-refractivity contribution < 1.29 is 4.39 Å². The number of halogens is 2. The molecule has 1 rings (SSSR count). The van der Waals surface area contributed by atoms with Gasteiger partial charge in [-0.3, -0.25) is 0 Å². The summed E-state index contributed by atoms with van der Waals surface area (Å²) >= 11 is 3.15.